The molecule has 0 aliphatic rings. The van der Waals surface area contributed by atoms with Crippen molar-refractivity contribution in [1.29, 1.82) is 0 Å². The zero-order valence-corrected chi connectivity index (χ0v) is 6.27. The third-order valence-electron chi connectivity index (χ3n) is 1.56. The summed E-state index contributed by atoms with van der Waals surface area (Å²) < 4.78 is 4.94. The van der Waals surface area contributed by atoms with Crippen LogP contribution in [0.4, 0.5) is 5.69 Å². The fourth-order valence-corrected chi connectivity index (χ4v) is 0.986. The van der Waals surface area contributed by atoms with Crippen LogP contribution in [0.3, 0.4) is 0 Å². The molecule has 4 nitrogen and oxygen atoms in total. The molecular formula is C8H7N3O. The summed E-state index contributed by atoms with van der Waals surface area (Å²) in [6, 6.07) is 3.54. The second kappa shape index (κ2) is 2.65. The summed E-state index contributed by atoms with van der Waals surface area (Å²) in [5.41, 5.74) is 7.08. The van der Waals surface area contributed by atoms with E-state index in [0.29, 0.717) is 11.4 Å². The largest absolute Gasteiger partial charge is 0.397 e. The van der Waals surface area contributed by atoms with E-state index in [1.165, 1.54) is 0 Å². The van der Waals surface area contributed by atoms with Crippen LogP contribution in [-0.4, -0.2) is 10.1 Å². The quantitative estimate of drug-likeness (QED) is 0.685. The number of hydrogen-bond acceptors (Lipinski definition) is 4. The number of nitrogens with two attached hydrogens (primary N) is 1. The Kier molecular flexibility index (Phi) is 1.51. The predicted molar refractivity (Wildman–Crippen MR) is 44.1 cm³/mol. The predicted octanol–water partition coefficient (Wildman–Crippen LogP) is 1.32. The maximum absolute atomic E-state index is 5.66. The molecular weight excluding hydrogens is 154 g/mol. The van der Waals surface area contributed by atoms with Crippen molar-refractivity contribution in [3.63, 3.8) is 0 Å². The first-order valence-corrected chi connectivity index (χ1v) is 3.48. The Labute approximate surface area is 69.0 Å². The molecule has 2 aromatic heterocycles. The molecule has 0 unspecified atom stereocenters. The van der Waals surface area contributed by atoms with Gasteiger partial charge in [-0.05, 0) is 6.07 Å². The van der Waals surface area contributed by atoms with Gasteiger partial charge in [-0.1, -0.05) is 5.16 Å². The Bertz CT molecular complexity index is 370. The fraction of sp³-hybridized carbons (Fsp3) is 0. The minimum Gasteiger partial charge on any atom is -0.397 e. The van der Waals surface area contributed by atoms with E-state index in [2.05, 4.69) is 10.1 Å². The van der Waals surface area contributed by atoms with Gasteiger partial charge in [-0.3, -0.25) is 4.98 Å². The van der Waals surface area contributed by atoms with Gasteiger partial charge in [0.1, 0.15) is 0 Å². The Morgan fingerprint density at radius 2 is 2.17 bits per heavy atom. The lowest BCUT2D eigenvalue weighted by Crippen LogP contribution is -1.89. The molecule has 2 N–H and O–H groups in total. The van der Waals surface area contributed by atoms with E-state index in [4.69, 9.17) is 10.3 Å². The maximum atomic E-state index is 5.66. The second-order valence-corrected chi connectivity index (χ2v) is 2.34. The third-order valence-corrected chi connectivity index (χ3v) is 1.56. The van der Waals surface area contributed by atoms with Crippen LogP contribution in [0.5, 0.6) is 0 Å². The molecule has 2 heterocycles. The summed E-state index contributed by atoms with van der Waals surface area (Å²) in [5, 5.41) is 3.59. The Morgan fingerprint density at radius 3 is 2.83 bits per heavy atom. The molecule has 2 aromatic rings. The zero-order chi connectivity index (χ0) is 8.39. The van der Waals surface area contributed by atoms with Crippen LogP contribution in [0.2, 0.25) is 0 Å². The van der Waals surface area contributed by atoms with Gasteiger partial charge < -0.3 is 10.3 Å². The molecule has 60 valence electrons. The smallest absolute Gasteiger partial charge is 0.169 e. The summed E-state index contributed by atoms with van der Waals surface area (Å²) in [6.07, 6.45) is 4.82. The lowest BCUT2D eigenvalue weighted by atomic mass is 10.2. The molecule has 0 spiro atoms. The molecule has 2 rings (SSSR count). The van der Waals surface area contributed by atoms with E-state index < -0.39 is 0 Å². The highest BCUT2D eigenvalue weighted by molar-refractivity contribution is 5.70. The van der Waals surface area contributed by atoms with Gasteiger partial charge in [0.25, 0.3) is 0 Å². The average molecular weight is 161 g/mol. The first-order valence-electron chi connectivity index (χ1n) is 3.48. The maximum Gasteiger partial charge on any atom is 0.169 e. The third kappa shape index (κ3) is 1.03. The average Bonchev–Trinajstić information content (AvgIpc) is 2.57. The SMILES string of the molecule is Nc1cnccc1-c1ccno1. The van der Waals surface area contributed by atoms with Crippen molar-refractivity contribution in [3.8, 4) is 11.3 Å². The zero-order valence-electron chi connectivity index (χ0n) is 6.27. The summed E-state index contributed by atoms with van der Waals surface area (Å²) in [6.45, 7) is 0. The molecule has 0 fully saturated rings. The van der Waals surface area contributed by atoms with E-state index in [0.717, 1.165) is 5.56 Å². The van der Waals surface area contributed by atoms with Gasteiger partial charge >= 0.3 is 0 Å². The van der Waals surface area contributed by atoms with Crippen molar-refractivity contribution in [2.75, 3.05) is 5.73 Å². The van der Waals surface area contributed by atoms with Crippen LogP contribution < -0.4 is 5.73 Å². The van der Waals surface area contributed by atoms with Crippen LogP contribution in [0.15, 0.2) is 35.2 Å². The fourth-order valence-electron chi connectivity index (χ4n) is 0.986. The lowest BCUT2D eigenvalue weighted by molar-refractivity contribution is 0.432. The molecule has 12 heavy (non-hydrogen) atoms. The summed E-state index contributed by atoms with van der Waals surface area (Å²) in [4.78, 5) is 3.87. The summed E-state index contributed by atoms with van der Waals surface area (Å²) in [5.74, 6) is 0.662. The topological polar surface area (TPSA) is 64.9 Å². The first-order chi connectivity index (χ1) is 5.88. The standard InChI is InChI=1S/C8H7N3O/c9-7-5-10-3-1-6(7)8-2-4-11-12-8/h1-5H,9H2. The van der Waals surface area contributed by atoms with Crippen LogP contribution in [0, 0.1) is 0 Å². The molecule has 0 aliphatic heterocycles. The number of pyridine rings is 1. The van der Waals surface area contributed by atoms with Gasteiger partial charge in [0.15, 0.2) is 5.76 Å². The molecule has 0 radical (unpaired) electrons. The number of anilines is 1. The summed E-state index contributed by atoms with van der Waals surface area (Å²) in [7, 11) is 0. The highest BCUT2D eigenvalue weighted by atomic mass is 16.5. The van der Waals surface area contributed by atoms with Crippen molar-refractivity contribution in [3.05, 3.63) is 30.7 Å². The lowest BCUT2D eigenvalue weighted by Gasteiger charge is -1.97. The van der Waals surface area contributed by atoms with Gasteiger partial charge in [0, 0.05) is 17.8 Å². The van der Waals surface area contributed by atoms with E-state index in [-0.39, 0.29) is 0 Å². The van der Waals surface area contributed by atoms with Gasteiger partial charge in [-0.25, -0.2) is 0 Å². The normalized spacial score (nSPS) is 10.0. The molecule has 0 bridgehead atoms. The van der Waals surface area contributed by atoms with E-state index in [1.54, 1.807) is 30.7 Å². The Hall–Kier alpha value is -1.84. The van der Waals surface area contributed by atoms with Crippen molar-refractivity contribution >= 4 is 5.69 Å². The van der Waals surface area contributed by atoms with Gasteiger partial charge in [0.05, 0.1) is 18.1 Å². The van der Waals surface area contributed by atoms with Crippen molar-refractivity contribution in [2.24, 2.45) is 0 Å². The van der Waals surface area contributed by atoms with Crippen LogP contribution in [0.25, 0.3) is 11.3 Å². The molecule has 0 amide bonds. The van der Waals surface area contributed by atoms with Crippen molar-refractivity contribution < 1.29 is 4.52 Å². The van der Waals surface area contributed by atoms with E-state index in [1.807, 2.05) is 0 Å². The van der Waals surface area contributed by atoms with Crippen LogP contribution in [0.1, 0.15) is 0 Å². The molecule has 0 aliphatic carbocycles. The molecule has 4 heteroatoms. The molecule has 0 saturated carbocycles. The monoisotopic (exact) mass is 161 g/mol. The van der Waals surface area contributed by atoms with Gasteiger partial charge in [-0.15, -0.1) is 0 Å². The van der Waals surface area contributed by atoms with Gasteiger partial charge in [0.2, 0.25) is 0 Å². The van der Waals surface area contributed by atoms with Crippen LogP contribution in [-0.2, 0) is 0 Å². The second-order valence-electron chi connectivity index (χ2n) is 2.34. The van der Waals surface area contributed by atoms with E-state index in [9.17, 15) is 0 Å². The number of rotatable bonds is 1. The first kappa shape index (κ1) is 6.84. The minimum atomic E-state index is 0.592. The van der Waals surface area contributed by atoms with Crippen molar-refractivity contribution in [2.45, 2.75) is 0 Å². The minimum absolute atomic E-state index is 0.592. The number of hydrogen-bond donors (Lipinski definition) is 1. The number of aromatic nitrogens is 2. The van der Waals surface area contributed by atoms with Crippen molar-refractivity contribution in [1.82, 2.24) is 10.1 Å². The van der Waals surface area contributed by atoms with E-state index >= 15 is 0 Å². The van der Waals surface area contributed by atoms with Crippen LogP contribution >= 0.6 is 0 Å². The summed E-state index contributed by atoms with van der Waals surface area (Å²) >= 11 is 0. The Balaban J connectivity index is 2.55. The molecule has 0 atom stereocenters. The Morgan fingerprint density at radius 1 is 1.25 bits per heavy atom. The molecule has 0 aromatic carbocycles. The highest BCUT2D eigenvalue weighted by Gasteiger charge is 2.04. The molecule has 0 saturated heterocycles. The van der Waals surface area contributed by atoms with Gasteiger partial charge in [-0.2, -0.15) is 0 Å². The highest BCUT2D eigenvalue weighted by Crippen LogP contribution is 2.23. The number of nitrogen functional groups attached to an aromatic ring is 1. The number of nitrogens with zero attached hydrogens (tertiary/aromatic N) is 2.